The van der Waals surface area contributed by atoms with Crippen molar-refractivity contribution in [2.75, 3.05) is 11.4 Å². The van der Waals surface area contributed by atoms with Gasteiger partial charge in [-0.2, -0.15) is 5.26 Å². The van der Waals surface area contributed by atoms with Crippen LogP contribution in [0.5, 0.6) is 0 Å². The second-order valence-corrected chi connectivity index (χ2v) is 12.1. The molecule has 8 rings (SSSR count). The topological polar surface area (TPSA) is 57.0 Å². The van der Waals surface area contributed by atoms with E-state index in [0.717, 1.165) is 51.1 Å². The zero-order chi connectivity index (χ0) is 25.4. The quantitative estimate of drug-likeness (QED) is 0.457. The first-order valence-corrected chi connectivity index (χ1v) is 12.9. The van der Waals surface area contributed by atoms with Gasteiger partial charge in [-0.1, -0.05) is 6.07 Å². The molecule has 0 radical (unpaired) electrons. The first-order valence-electron chi connectivity index (χ1n) is 12.9. The van der Waals surface area contributed by atoms with E-state index in [1.165, 1.54) is 12.3 Å². The smallest absolute Gasteiger partial charge is 0.272 e. The second-order valence-electron chi connectivity index (χ2n) is 12.1. The van der Waals surface area contributed by atoms with E-state index in [2.05, 4.69) is 11.1 Å². The molecule has 188 valence electrons. The number of carbonyl (C=O) groups is 1. The first kappa shape index (κ1) is 23.5. The highest BCUT2D eigenvalue weighted by Gasteiger charge is 2.73. The summed E-state index contributed by atoms with van der Waals surface area (Å²) in [7, 11) is 0. The molecule has 0 N–H and O–H groups in total. The monoisotopic (exact) mass is 493 g/mol. The molecule has 6 aliphatic rings. The SMILES string of the molecule is CC(F)(F)c1ccc(C23CCC(CN(C(=O)C45CC(F)(C4)C5)c4cccc(C#N)c4)(CC2)CC3)nc1. The van der Waals surface area contributed by atoms with E-state index in [9.17, 15) is 23.2 Å². The van der Waals surface area contributed by atoms with Gasteiger partial charge in [-0.25, -0.2) is 13.2 Å². The largest absolute Gasteiger partial charge is 0.311 e. The van der Waals surface area contributed by atoms with Crippen molar-refractivity contribution in [1.29, 1.82) is 5.26 Å². The lowest BCUT2D eigenvalue weighted by atomic mass is 9.41. The van der Waals surface area contributed by atoms with Crippen molar-refractivity contribution in [1.82, 2.24) is 4.98 Å². The number of hydrogen-bond acceptors (Lipinski definition) is 3. The van der Waals surface area contributed by atoms with Gasteiger partial charge in [0.2, 0.25) is 5.91 Å². The van der Waals surface area contributed by atoms with Crippen LogP contribution in [0.3, 0.4) is 0 Å². The molecular formula is C29H30F3N3O. The van der Waals surface area contributed by atoms with Gasteiger partial charge < -0.3 is 4.90 Å². The van der Waals surface area contributed by atoms with E-state index in [4.69, 9.17) is 0 Å². The number of nitriles is 1. The minimum absolute atomic E-state index is 0.00773. The highest BCUT2D eigenvalue weighted by atomic mass is 19.3. The molecule has 7 heteroatoms. The third kappa shape index (κ3) is 3.55. The molecule has 36 heavy (non-hydrogen) atoms. The lowest BCUT2D eigenvalue weighted by molar-refractivity contribution is -0.211. The van der Waals surface area contributed by atoms with Crippen LogP contribution in [-0.2, 0) is 16.1 Å². The minimum atomic E-state index is -2.90. The molecule has 4 bridgehead atoms. The summed E-state index contributed by atoms with van der Waals surface area (Å²) in [6, 6.07) is 12.6. The number of benzene rings is 1. The van der Waals surface area contributed by atoms with Crippen molar-refractivity contribution in [3.05, 3.63) is 59.4 Å². The molecule has 0 saturated heterocycles. The molecular weight excluding hydrogens is 463 g/mol. The van der Waals surface area contributed by atoms with Crippen molar-refractivity contribution in [3.8, 4) is 6.07 Å². The van der Waals surface area contributed by atoms with Crippen LogP contribution in [-0.4, -0.2) is 23.1 Å². The van der Waals surface area contributed by atoms with Crippen molar-refractivity contribution in [2.24, 2.45) is 10.8 Å². The molecule has 0 atom stereocenters. The van der Waals surface area contributed by atoms with Crippen molar-refractivity contribution >= 4 is 11.6 Å². The number of alkyl halides is 3. The Hall–Kier alpha value is -2.88. The number of hydrogen-bond donors (Lipinski definition) is 0. The molecule has 6 fully saturated rings. The minimum Gasteiger partial charge on any atom is -0.311 e. The van der Waals surface area contributed by atoms with Gasteiger partial charge in [0.05, 0.1) is 17.0 Å². The lowest BCUT2D eigenvalue weighted by Gasteiger charge is -2.65. The van der Waals surface area contributed by atoms with Crippen LogP contribution < -0.4 is 4.90 Å². The Morgan fingerprint density at radius 2 is 1.75 bits per heavy atom. The number of nitrogens with zero attached hydrogens (tertiary/aromatic N) is 3. The third-order valence-electron chi connectivity index (χ3n) is 9.66. The van der Waals surface area contributed by atoms with Crippen molar-refractivity contribution in [3.63, 3.8) is 0 Å². The Morgan fingerprint density at radius 1 is 1.08 bits per heavy atom. The maximum Gasteiger partial charge on any atom is 0.272 e. The van der Waals surface area contributed by atoms with Gasteiger partial charge in [-0.15, -0.1) is 0 Å². The molecule has 6 saturated carbocycles. The Balaban J connectivity index is 1.23. The Bertz CT molecular complexity index is 1220. The van der Waals surface area contributed by atoms with Gasteiger partial charge in [-0.05, 0) is 93.5 Å². The molecule has 0 aliphatic heterocycles. The molecule has 0 unspecified atom stereocenters. The molecule has 1 amide bonds. The lowest BCUT2D eigenvalue weighted by Crippen LogP contribution is -2.71. The fraction of sp³-hybridized carbons (Fsp3) is 0.552. The fourth-order valence-corrected chi connectivity index (χ4v) is 7.39. The maximum absolute atomic E-state index is 14.3. The maximum atomic E-state index is 14.3. The van der Waals surface area contributed by atoms with E-state index in [1.54, 1.807) is 24.3 Å². The number of aromatic nitrogens is 1. The summed E-state index contributed by atoms with van der Waals surface area (Å²) in [4.78, 5) is 20.1. The predicted octanol–water partition coefficient (Wildman–Crippen LogP) is 6.58. The molecule has 6 aliphatic carbocycles. The molecule has 1 heterocycles. The van der Waals surface area contributed by atoms with Gasteiger partial charge in [0.25, 0.3) is 5.92 Å². The molecule has 1 aromatic heterocycles. The predicted molar refractivity (Wildman–Crippen MR) is 129 cm³/mol. The van der Waals surface area contributed by atoms with E-state index in [-0.39, 0.29) is 22.3 Å². The van der Waals surface area contributed by atoms with Crippen LogP contribution in [0.2, 0.25) is 0 Å². The van der Waals surface area contributed by atoms with Crippen LogP contribution in [0.1, 0.15) is 81.5 Å². The van der Waals surface area contributed by atoms with E-state index >= 15 is 0 Å². The fourth-order valence-electron chi connectivity index (χ4n) is 7.39. The number of fused-ring (bicyclic) bond motifs is 3. The third-order valence-corrected chi connectivity index (χ3v) is 9.66. The van der Waals surface area contributed by atoms with Gasteiger partial charge in [-0.3, -0.25) is 9.78 Å². The number of carbonyl (C=O) groups excluding carboxylic acids is 1. The number of amides is 1. The van der Waals surface area contributed by atoms with Gasteiger partial charge in [0.1, 0.15) is 5.67 Å². The van der Waals surface area contributed by atoms with Crippen LogP contribution in [0, 0.1) is 22.2 Å². The number of rotatable bonds is 6. The Kier molecular flexibility index (Phi) is 4.94. The Labute approximate surface area is 209 Å². The van der Waals surface area contributed by atoms with Crippen LogP contribution in [0.25, 0.3) is 0 Å². The van der Waals surface area contributed by atoms with Crippen molar-refractivity contribution < 1.29 is 18.0 Å². The number of halogens is 3. The van der Waals surface area contributed by atoms with Gasteiger partial charge in [0, 0.05) is 42.0 Å². The summed E-state index contributed by atoms with van der Waals surface area (Å²) in [5.41, 5.74) is 0.136. The highest BCUT2D eigenvalue weighted by Crippen LogP contribution is 2.70. The average molecular weight is 494 g/mol. The zero-order valence-corrected chi connectivity index (χ0v) is 20.5. The molecule has 4 nitrogen and oxygen atoms in total. The second kappa shape index (κ2) is 7.57. The summed E-state index contributed by atoms with van der Waals surface area (Å²) in [5.74, 6) is -2.91. The standard InChI is InChI=1S/C29H30F3N3O/c1-25(30,31)21-5-6-23(34-15-21)27-10-7-26(8-11-27,9-12-27)19-35(22-4-2-3-20(13-22)14-33)24(36)28-16-29(32,17-28)18-28/h2-6,13,15H,7-12,16-19H2,1H3. The Morgan fingerprint density at radius 3 is 2.28 bits per heavy atom. The molecule has 0 spiro atoms. The van der Waals surface area contributed by atoms with E-state index in [1.807, 2.05) is 11.0 Å². The van der Waals surface area contributed by atoms with E-state index in [0.29, 0.717) is 37.1 Å². The molecule has 1 aromatic carbocycles. The highest BCUT2D eigenvalue weighted by molar-refractivity contribution is 6.00. The average Bonchev–Trinajstić information content (AvgIpc) is 2.85. The van der Waals surface area contributed by atoms with Crippen LogP contribution in [0.4, 0.5) is 18.9 Å². The summed E-state index contributed by atoms with van der Waals surface area (Å²) in [6.45, 7) is 1.45. The first-order chi connectivity index (χ1) is 17.0. The summed E-state index contributed by atoms with van der Waals surface area (Å²) in [5, 5.41) is 9.41. The zero-order valence-electron chi connectivity index (χ0n) is 20.5. The van der Waals surface area contributed by atoms with Crippen molar-refractivity contribution in [2.45, 2.75) is 81.7 Å². The normalized spacial score (nSPS) is 34.3. The van der Waals surface area contributed by atoms with Gasteiger partial charge in [0.15, 0.2) is 0 Å². The summed E-state index contributed by atoms with van der Waals surface area (Å²) in [6.07, 6.45) is 7.70. The van der Waals surface area contributed by atoms with Crippen LogP contribution in [0.15, 0.2) is 42.6 Å². The summed E-state index contributed by atoms with van der Waals surface area (Å²) >= 11 is 0. The number of anilines is 1. The van der Waals surface area contributed by atoms with Gasteiger partial charge >= 0.3 is 0 Å². The van der Waals surface area contributed by atoms with Crippen LogP contribution >= 0.6 is 0 Å². The molecule has 2 aromatic rings. The van der Waals surface area contributed by atoms with E-state index < -0.39 is 17.0 Å². The summed E-state index contributed by atoms with van der Waals surface area (Å²) < 4.78 is 41.6. The number of pyridine rings is 1.